The summed E-state index contributed by atoms with van der Waals surface area (Å²) in [7, 11) is -3.54. The minimum Gasteiger partial charge on any atom is -0.345 e. The maximum atomic E-state index is 12.9. The van der Waals surface area contributed by atoms with E-state index in [9.17, 15) is 13.2 Å². The molecule has 0 radical (unpaired) electrons. The van der Waals surface area contributed by atoms with E-state index in [1.54, 1.807) is 18.5 Å². The molecule has 140 valence electrons. The predicted molar refractivity (Wildman–Crippen MR) is 98.3 cm³/mol. The van der Waals surface area contributed by atoms with Gasteiger partial charge in [0.1, 0.15) is 4.88 Å². The van der Waals surface area contributed by atoms with Crippen LogP contribution in [0.15, 0.2) is 29.3 Å². The van der Waals surface area contributed by atoms with Crippen LogP contribution in [0.3, 0.4) is 0 Å². The number of carbonyl (C=O) groups excluding carboxylic acids is 1. The first-order valence-electron chi connectivity index (χ1n) is 8.05. The molecule has 2 aromatic rings. The van der Waals surface area contributed by atoms with Crippen LogP contribution < -0.4 is 10.4 Å². The Morgan fingerprint density at radius 3 is 2.58 bits per heavy atom. The molecule has 8 nitrogen and oxygen atoms in total. The number of rotatable bonds is 4. The summed E-state index contributed by atoms with van der Waals surface area (Å²) >= 11 is 1.16. The van der Waals surface area contributed by atoms with E-state index in [1.165, 1.54) is 10.5 Å². The zero-order valence-corrected chi connectivity index (χ0v) is 16.1. The van der Waals surface area contributed by atoms with Gasteiger partial charge in [0, 0.05) is 26.2 Å². The minimum absolute atomic E-state index is 0.299. The third-order valence-corrected chi connectivity index (χ3v) is 7.39. The summed E-state index contributed by atoms with van der Waals surface area (Å²) in [5, 5.41) is 9.31. The second-order valence-electron chi connectivity index (χ2n) is 6.11. The van der Waals surface area contributed by atoms with Crippen LogP contribution >= 0.6 is 11.3 Å². The first kappa shape index (κ1) is 18.8. The average molecular weight is 396 g/mol. The Morgan fingerprint density at radius 2 is 1.92 bits per heavy atom. The van der Waals surface area contributed by atoms with Crippen LogP contribution in [-0.4, -0.2) is 55.0 Å². The number of carbonyl (C=O) groups is 1. The summed E-state index contributed by atoms with van der Waals surface area (Å²) in [4.78, 5) is 18.2. The van der Waals surface area contributed by atoms with Crippen LogP contribution in [0.5, 0.6) is 0 Å². The van der Waals surface area contributed by atoms with E-state index in [-0.39, 0.29) is 0 Å². The van der Waals surface area contributed by atoms with Gasteiger partial charge in [0.2, 0.25) is 10.0 Å². The van der Waals surface area contributed by atoms with Crippen molar-refractivity contribution in [1.82, 2.24) is 14.8 Å². The van der Waals surface area contributed by atoms with Crippen molar-refractivity contribution in [3.05, 3.63) is 40.4 Å². The van der Waals surface area contributed by atoms with Crippen molar-refractivity contribution in [2.75, 3.05) is 31.1 Å². The van der Waals surface area contributed by atoms with Gasteiger partial charge in [-0.3, -0.25) is 10.0 Å². The Kier molecular flexibility index (Phi) is 5.28. The quantitative estimate of drug-likeness (QED) is 0.598. The fourth-order valence-electron chi connectivity index (χ4n) is 2.82. The highest BCUT2D eigenvalue weighted by Crippen LogP contribution is 2.26. The Morgan fingerprint density at radius 1 is 1.23 bits per heavy atom. The Labute approximate surface area is 156 Å². The highest BCUT2D eigenvalue weighted by Gasteiger charge is 2.30. The van der Waals surface area contributed by atoms with Crippen molar-refractivity contribution in [3.63, 3.8) is 0 Å². The smallest absolute Gasteiger partial charge is 0.286 e. The molecule has 0 saturated carbocycles. The number of hydroxylamine groups is 1. The van der Waals surface area contributed by atoms with E-state index in [2.05, 4.69) is 4.98 Å². The number of thiazole rings is 1. The van der Waals surface area contributed by atoms with Crippen LogP contribution in [0.4, 0.5) is 5.13 Å². The molecule has 1 amide bonds. The zero-order chi connectivity index (χ0) is 18.9. The molecule has 1 saturated heterocycles. The Bertz CT molecular complexity index is 918. The van der Waals surface area contributed by atoms with Crippen molar-refractivity contribution in [3.8, 4) is 0 Å². The first-order chi connectivity index (χ1) is 12.3. The number of hydrogen-bond donors (Lipinski definition) is 2. The maximum Gasteiger partial charge on any atom is 0.286 e. The van der Waals surface area contributed by atoms with Crippen LogP contribution in [-0.2, 0) is 10.0 Å². The first-order valence-corrected chi connectivity index (χ1v) is 10.3. The Balaban J connectivity index is 1.73. The van der Waals surface area contributed by atoms with E-state index in [1.807, 2.05) is 24.0 Å². The number of amides is 1. The van der Waals surface area contributed by atoms with Gasteiger partial charge in [0.05, 0.1) is 11.1 Å². The number of piperazine rings is 1. The number of hydrogen-bond acceptors (Lipinski definition) is 7. The molecule has 26 heavy (non-hydrogen) atoms. The van der Waals surface area contributed by atoms with E-state index in [0.29, 0.717) is 41.1 Å². The third-order valence-electron chi connectivity index (χ3n) is 4.29. The molecule has 0 aliphatic carbocycles. The van der Waals surface area contributed by atoms with Crippen molar-refractivity contribution < 1.29 is 18.4 Å². The molecule has 0 atom stereocenters. The lowest BCUT2D eigenvalue weighted by atomic mass is 10.2. The largest absolute Gasteiger partial charge is 0.345 e. The lowest BCUT2D eigenvalue weighted by Gasteiger charge is -2.34. The van der Waals surface area contributed by atoms with E-state index in [0.717, 1.165) is 22.5 Å². The van der Waals surface area contributed by atoms with Crippen LogP contribution in [0.2, 0.25) is 0 Å². The molecule has 1 aliphatic heterocycles. The van der Waals surface area contributed by atoms with Crippen molar-refractivity contribution in [2.45, 2.75) is 18.7 Å². The third kappa shape index (κ3) is 3.58. The van der Waals surface area contributed by atoms with E-state index < -0.39 is 15.9 Å². The molecular weight excluding hydrogens is 376 g/mol. The SMILES string of the molecule is Cc1ccc(C)c(S(=O)(=O)N2CCN(c3ncc(C(=O)NO)s3)CC2)c1. The molecule has 1 aromatic carbocycles. The number of aryl methyl sites for hydroxylation is 2. The number of aromatic nitrogens is 1. The van der Waals surface area contributed by atoms with Crippen LogP contribution in [0.1, 0.15) is 20.8 Å². The van der Waals surface area contributed by atoms with Gasteiger partial charge in [-0.1, -0.05) is 23.5 Å². The average Bonchev–Trinajstić information content (AvgIpc) is 3.13. The van der Waals surface area contributed by atoms with E-state index in [4.69, 9.17) is 5.21 Å². The molecule has 1 fully saturated rings. The number of anilines is 1. The fourth-order valence-corrected chi connectivity index (χ4v) is 5.40. The monoisotopic (exact) mass is 396 g/mol. The highest BCUT2D eigenvalue weighted by atomic mass is 32.2. The van der Waals surface area contributed by atoms with Gasteiger partial charge in [-0.25, -0.2) is 18.9 Å². The summed E-state index contributed by atoms with van der Waals surface area (Å²) in [6.07, 6.45) is 1.39. The summed E-state index contributed by atoms with van der Waals surface area (Å²) in [5.41, 5.74) is 3.22. The lowest BCUT2D eigenvalue weighted by molar-refractivity contribution is 0.0710. The molecule has 0 spiro atoms. The van der Waals surface area contributed by atoms with Gasteiger partial charge < -0.3 is 4.90 Å². The molecule has 10 heteroatoms. The van der Waals surface area contributed by atoms with Gasteiger partial charge in [-0.05, 0) is 31.0 Å². The van der Waals surface area contributed by atoms with Gasteiger partial charge in [-0.2, -0.15) is 4.31 Å². The summed E-state index contributed by atoms with van der Waals surface area (Å²) in [6, 6.07) is 5.42. The van der Waals surface area contributed by atoms with Gasteiger partial charge in [0.25, 0.3) is 5.91 Å². The fraction of sp³-hybridized carbons (Fsp3) is 0.375. The standard InChI is InChI=1S/C16H20N4O4S2/c1-11-3-4-12(2)14(9-11)26(23,24)20-7-5-19(6-8-20)16-17-10-13(25-16)15(21)18-22/h3-4,9-10,22H,5-8H2,1-2H3,(H,18,21). The molecule has 1 aliphatic rings. The highest BCUT2D eigenvalue weighted by molar-refractivity contribution is 7.89. The summed E-state index contributed by atoms with van der Waals surface area (Å²) < 4.78 is 27.4. The summed E-state index contributed by atoms with van der Waals surface area (Å²) in [6.45, 7) is 5.33. The topological polar surface area (TPSA) is 103 Å². The van der Waals surface area contributed by atoms with Crippen molar-refractivity contribution in [1.29, 1.82) is 0 Å². The van der Waals surface area contributed by atoms with Gasteiger partial charge >= 0.3 is 0 Å². The maximum absolute atomic E-state index is 12.9. The zero-order valence-electron chi connectivity index (χ0n) is 14.5. The second-order valence-corrected chi connectivity index (χ2v) is 9.02. The van der Waals surface area contributed by atoms with Crippen molar-refractivity contribution in [2.24, 2.45) is 0 Å². The molecule has 0 unspecified atom stereocenters. The number of benzene rings is 1. The molecule has 2 heterocycles. The van der Waals surface area contributed by atoms with Crippen LogP contribution in [0, 0.1) is 13.8 Å². The molecule has 2 N–H and O–H groups in total. The molecule has 3 rings (SSSR count). The molecule has 0 bridgehead atoms. The minimum atomic E-state index is -3.54. The van der Waals surface area contributed by atoms with Crippen LogP contribution in [0.25, 0.3) is 0 Å². The normalized spacial score (nSPS) is 15.9. The second kappa shape index (κ2) is 7.31. The summed E-state index contributed by atoms with van der Waals surface area (Å²) in [5.74, 6) is -0.607. The Hall–Kier alpha value is -2.01. The van der Waals surface area contributed by atoms with Gasteiger partial charge in [0.15, 0.2) is 5.13 Å². The molecule has 1 aromatic heterocycles. The number of sulfonamides is 1. The number of nitrogens with zero attached hydrogens (tertiary/aromatic N) is 3. The van der Waals surface area contributed by atoms with Crippen molar-refractivity contribution >= 4 is 32.4 Å². The lowest BCUT2D eigenvalue weighted by Crippen LogP contribution is -2.48. The predicted octanol–water partition coefficient (Wildman–Crippen LogP) is 1.39. The number of nitrogens with one attached hydrogen (secondary N) is 1. The van der Waals surface area contributed by atoms with E-state index >= 15 is 0 Å². The molecular formula is C16H20N4O4S2. The van der Waals surface area contributed by atoms with Gasteiger partial charge in [-0.15, -0.1) is 0 Å².